The van der Waals surface area contributed by atoms with Gasteiger partial charge in [-0.2, -0.15) is 10.1 Å². The number of pyridine rings is 2. The molecule has 2 N–H and O–H groups in total. The van der Waals surface area contributed by atoms with Gasteiger partial charge >= 0.3 is 18.1 Å². The number of benzene rings is 6. The number of aromatic nitrogens is 10. The monoisotopic (exact) mass is 1650 g/mol. The summed E-state index contributed by atoms with van der Waals surface area (Å²) in [4.78, 5) is 97.3. The number of piperazine rings is 1. The molecule has 121 heavy (non-hydrogen) atoms. The number of hydrogen-bond donors (Lipinski definition) is 2. The van der Waals surface area contributed by atoms with Crippen molar-refractivity contribution in [3.05, 3.63) is 261 Å². The lowest BCUT2D eigenvalue weighted by Gasteiger charge is -2.37. The molecule has 622 valence electrons. The van der Waals surface area contributed by atoms with Crippen LogP contribution in [0, 0.1) is 34.6 Å². The average Bonchev–Trinajstić information content (AvgIpc) is 1.50. The first-order valence-corrected chi connectivity index (χ1v) is 40.4. The van der Waals surface area contributed by atoms with E-state index < -0.39 is 0 Å². The van der Waals surface area contributed by atoms with E-state index in [9.17, 15) is 19.5 Å². The van der Waals surface area contributed by atoms with Crippen molar-refractivity contribution in [3.63, 3.8) is 0 Å². The average molecular weight is 1650 g/mol. The quantitative estimate of drug-likeness (QED) is 0.0717. The molecular formula is C91H97ClN20O9. The van der Waals surface area contributed by atoms with Gasteiger partial charge in [0.15, 0.2) is 11.6 Å². The zero-order valence-electron chi connectivity index (χ0n) is 69.9. The van der Waals surface area contributed by atoms with Crippen LogP contribution in [-0.4, -0.2) is 171 Å². The topological polar surface area (TPSA) is 280 Å². The zero-order chi connectivity index (χ0) is 84.7. The molecule has 30 heteroatoms. The molecule has 29 nitrogen and oxygen atoms in total. The molecule has 2 fully saturated rings. The number of methoxy groups -OCH3 is 5. The molecule has 11 heterocycles. The maximum Gasteiger partial charge on any atom is 0.336 e. The molecule has 12 aromatic rings. The molecule has 2 saturated heterocycles. The minimum absolute atomic E-state index is 0.198. The molecule has 0 saturated carbocycles. The van der Waals surface area contributed by atoms with Crippen LogP contribution >= 0.6 is 11.6 Å². The third kappa shape index (κ3) is 18.0. The number of para-hydroxylation sites is 3. The number of likely N-dealkylation sites (N-methyl/N-ethyl adjacent to an activating group) is 1. The predicted octanol–water partition coefficient (Wildman–Crippen LogP) is 15.7. The van der Waals surface area contributed by atoms with Crippen molar-refractivity contribution >= 4 is 98.7 Å². The van der Waals surface area contributed by atoms with Crippen LogP contribution in [0.15, 0.2) is 183 Å². The van der Waals surface area contributed by atoms with E-state index in [0.717, 1.165) is 137 Å². The number of nitrogens with one attached hydrogen (secondary N) is 1. The Balaban J connectivity index is 0.000000142. The molecule has 0 bridgehead atoms. The van der Waals surface area contributed by atoms with E-state index in [0.29, 0.717) is 118 Å². The van der Waals surface area contributed by atoms with Gasteiger partial charge in [0, 0.05) is 119 Å². The van der Waals surface area contributed by atoms with Crippen LogP contribution in [-0.2, 0) is 46.1 Å². The molecule has 0 atom stereocenters. The maximum atomic E-state index is 14.4. The summed E-state index contributed by atoms with van der Waals surface area (Å²) in [6.07, 6.45) is 14.5. The van der Waals surface area contributed by atoms with Gasteiger partial charge in [0.1, 0.15) is 52.0 Å². The Morgan fingerprint density at radius 3 is 1.47 bits per heavy atom. The molecule has 0 radical (unpaired) electrons. The largest absolute Gasteiger partial charge is 0.497 e. The van der Waals surface area contributed by atoms with Gasteiger partial charge in [-0.1, -0.05) is 84.4 Å². The van der Waals surface area contributed by atoms with Crippen molar-refractivity contribution in [2.24, 2.45) is 7.05 Å². The molecule has 5 aliphatic rings. The number of urea groups is 3. The summed E-state index contributed by atoms with van der Waals surface area (Å²) in [7, 11) is 11.9. The first-order valence-electron chi connectivity index (χ1n) is 40.0. The first-order chi connectivity index (χ1) is 58.6. The fraction of sp³-hybridized carbons (Fsp3) is 0.297. The van der Waals surface area contributed by atoms with E-state index >= 15 is 0 Å². The fourth-order valence-corrected chi connectivity index (χ4v) is 16.1. The van der Waals surface area contributed by atoms with E-state index in [2.05, 4.69) is 76.4 Å². The predicted molar refractivity (Wildman–Crippen MR) is 468 cm³/mol. The standard InChI is InChI=1S/C35H40N6O3.C30H30ClN7O3.C26H27N7O3/c1-24-7-6-8-25(2)33(24)40-23-28-21-36-32(19-26-9-11-27(12-10-26)22-39-17-15-38(3)16-18-39)37-34(28)41(35(40)42)30-14-13-29(43-4)20-31(30)44-5;1-19-4-3-5-25(31)28(19)37-18-20-15-33-26(14-21-6-7-22(16-32-21)36-12-10-23(39)11-13-36)35-29(20)38(30(37)40)27-9-8-24(41-2)17-34-27;1-16-7-6-8-17(2)23(16)32-14-18-12-27-25(29-19-13-28-31(3)15-19)30-24(18)33(26(32)34)21-10-9-20(35-4)11-22(21)36-5/h6-14,20-21H,15-19,22-23H2,1-5H3;3-9,15-17,23,39H,10-14,18H2,1-2H3;6-13,15H,14H2,1-5H3,(H,27,29,30). The summed E-state index contributed by atoms with van der Waals surface area (Å²) in [5.41, 5.74) is 15.9. The van der Waals surface area contributed by atoms with Crippen LogP contribution in [0.2, 0.25) is 5.02 Å². The van der Waals surface area contributed by atoms with Gasteiger partial charge in [-0.3, -0.25) is 29.3 Å². The Morgan fingerprint density at radius 1 is 0.471 bits per heavy atom. The highest BCUT2D eigenvalue weighted by Crippen LogP contribution is 2.46. The van der Waals surface area contributed by atoms with Crippen molar-refractivity contribution in [1.82, 2.24) is 59.5 Å². The third-order valence-electron chi connectivity index (χ3n) is 22.2. The SMILES string of the molecule is COc1ccc(N2C(=O)N(c3c(C)cccc3C)Cc3cnc(Cc4ccc(CN5CCN(C)CC5)cc4)nc32)c(OC)c1.COc1ccc(N2C(=O)N(c3c(C)cccc3C)Cc3cnc(Nc4cnn(C)c4)nc32)c(OC)c1.COc1ccc(N2C(=O)N(c3c(C)cccc3Cl)Cc3cnc(Cc4ccc(N5CCC(O)CC5)cn4)nc32)nc1. The number of aliphatic hydroxyl groups excluding tert-OH is 1. The van der Waals surface area contributed by atoms with E-state index in [1.807, 2.05) is 133 Å². The molecule has 0 aliphatic carbocycles. The Hall–Kier alpha value is -13.4. The van der Waals surface area contributed by atoms with Crippen LogP contribution in [0.25, 0.3) is 0 Å². The second kappa shape index (κ2) is 36.5. The summed E-state index contributed by atoms with van der Waals surface area (Å²) in [6.45, 7) is 17.9. The van der Waals surface area contributed by atoms with Gasteiger partial charge in [-0.05, 0) is 148 Å². The molecule has 0 unspecified atom stereocenters. The number of aliphatic hydroxyl groups is 1. The first kappa shape index (κ1) is 82.7. The van der Waals surface area contributed by atoms with Crippen LogP contribution in [0.4, 0.5) is 83.4 Å². The maximum absolute atomic E-state index is 14.4. The number of fused-ring (bicyclic) bond motifs is 3. The second-order valence-corrected chi connectivity index (χ2v) is 30.9. The Bertz CT molecular complexity index is 5710. The van der Waals surface area contributed by atoms with Gasteiger partial charge in [-0.15, -0.1) is 0 Å². The lowest BCUT2D eigenvalue weighted by atomic mass is 10.1. The lowest BCUT2D eigenvalue weighted by Crippen LogP contribution is -2.46. The fourth-order valence-electron chi connectivity index (χ4n) is 15.7. The Kier molecular flexibility index (Phi) is 24.9. The van der Waals surface area contributed by atoms with Crippen molar-refractivity contribution in [3.8, 4) is 28.7 Å². The van der Waals surface area contributed by atoms with Crippen LogP contribution < -0.4 is 63.3 Å². The molecule has 6 aromatic carbocycles. The van der Waals surface area contributed by atoms with E-state index in [-0.39, 0.29) is 30.7 Å². The van der Waals surface area contributed by atoms with Crippen LogP contribution in [0.1, 0.15) is 85.8 Å². The number of carbonyl (C=O) groups excluding carboxylic acids is 3. The van der Waals surface area contributed by atoms with Crippen molar-refractivity contribution in [2.45, 2.75) is 92.6 Å². The lowest BCUT2D eigenvalue weighted by molar-refractivity contribution is 0.145. The smallest absolute Gasteiger partial charge is 0.336 e. The molecule has 0 spiro atoms. The van der Waals surface area contributed by atoms with Crippen molar-refractivity contribution in [1.29, 1.82) is 0 Å². The van der Waals surface area contributed by atoms with Gasteiger partial charge in [0.25, 0.3) is 0 Å². The number of piperidine rings is 1. The normalized spacial score (nSPS) is 14.9. The minimum Gasteiger partial charge on any atom is -0.497 e. The van der Waals surface area contributed by atoms with E-state index in [4.69, 9.17) is 55.2 Å². The summed E-state index contributed by atoms with van der Waals surface area (Å²) >= 11 is 6.57. The van der Waals surface area contributed by atoms with Crippen molar-refractivity contribution in [2.75, 3.05) is 121 Å². The number of rotatable bonds is 20. The van der Waals surface area contributed by atoms with Gasteiger partial charge in [-0.25, -0.2) is 59.0 Å². The zero-order valence-corrected chi connectivity index (χ0v) is 70.6. The Morgan fingerprint density at radius 2 is 0.967 bits per heavy atom. The summed E-state index contributed by atoms with van der Waals surface area (Å²) in [5, 5.41) is 17.6. The molecular weight excluding hydrogens is 1550 g/mol. The second-order valence-electron chi connectivity index (χ2n) is 30.4. The van der Waals surface area contributed by atoms with Crippen LogP contribution in [0.3, 0.4) is 0 Å². The number of amides is 6. The number of hydrogen-bond acceptors (Lipinski definition) is 22. The third-order valence-corrected chi connectivity index (χ3v) is 22.5. The van der Waals surface area contributed by atoms with Crippen LogP contribution in [0.5, 0.6) is 28.7 Å². The highest BCUT2D eigenvalue weighted by molar-refractivity contribution is 6.34. The molecule has 17 rings (SSSR count). The molecule has 6 aromatic heterocycles. The van der Waals surface area contributed by atoms with Gasteiger partial charge in [0.2, 0.25) is 5.95 Å². The summed E-state index contributed by atoms with van der Waals surface area (Å²) in [6, 6.07) is 43.9. The highest BCUT2D eigenvalue weighted by atomic mass is 35.5. The number of anilines is 12. The Labute approximate surface area is 708 Å². The molecule has 5 aliphatic heterocycles. The number of carbonyl (C=O) groups is 3. The number of ether oxygens (including phenoxy) is 5. The molecule has 6 amide bonds. The number of halogens is 1. The van der Waals surface area contributed by atoms with Gasteiger partial charge in [0.05, 0.1) is 131 Å². The highest BCUT2D eigenvalue weighted by Gasteiger charge is 2.41. The summed E-state index contributed by atoms with van der Waals surface area (Å²) in [5.74, 6) is 6.32. The minimum atomic E-state index is -0.315. The van der Waals surface area contributed by atoms with E-state index in [1.54, 1.807) is 132 Å². The number of nitrogens with zero attached hydrogens (tertiary/aromatic N) is 19. The van der Waals surface area contributed by atoms with Crippen molar-refractivity contribution < 1.29 is 43.2 Å². The number of aryl methyl sites for hydroxylation is 6. The van der Waals surface area contributed by atoms with E-state index in [1.165, 1.54) is 10.5 Å². The summed E-state index contributed by atoms with van der Waals surface area (Å²) < 4.78 is 29.2. The van der Waals surface area contributed by atoms with Gasteiger partial charge < -0.3 is 43.9 Å².